The highest BCUT2D eigenvalue weighted by atomic mass is 16.7. The Morgan fingerprint density at radius 2 is 1.27 bits per heavy atom. The van der Waals surface area contributed by atoms with Gasteiger partial charge in [0.05, 0.1) is 91.3 Å². The number of aliphatic hydroxyl groups excluding tert-OH is 1. The van der Waals surface area contributed by atoms with Gasteiger partial charge in [-0.3, -0.25) is 14.5 Å². The summed E-state index contributed by atoms with van der Waals surface area (Å²) in [4.78, 5) is 26.9. The number of nitrogens with zero attached hydrogens (tertiary/aromatic N) is 1. The van der Waals surface area contributed by atoms with Crippen LogP contribution in [0.5, 0.6) is 0 Å². The Hall–Kier alpha value is -3.56. The molecule has 3 aromatic carbocycles. The molecule has 0 saturated carbocycles. The van der Waals surface area contributed by atoms with E-state index in [0.29, 0.717) is 103 Å². The minimum absolute atomic E-state index is 0.0267. The van der Waals surface area contributed by atoms with Gasteiger partial charge in [-0.05, 0) is 35.7 Å². The molecule has 3 aromatic rings. The minimum atomic E-state index is -0.635. The lowest BCUT2D eigenvalue weighted by atomic mass is 9.99. The minimum Gasteiger partial charge on any atom is -0.392 e. The number of amides is 1. The molecule has 1 unspecified atom stereocenters. The molecule has 5 rings (SSSR count). The molecule has 3 atom stereocenters. The molecule has 2 N–H and O–H groups in total. The van der Waals surface area contributed by atoms with Crippen molar-refractivity contribution in [3.8, 4) is 0 Å². The monoisotopic (exact) mass is 720 g/mol. The van der Waals surface area contributed by atoms with Gasteiger partial charge < -0.3 is 43.6 Å². The highest BCUT2D eigenvalue weighted by Crippen LogP contribution is 2.38. The smallest absolute Gasteiger partial charge is 0.228 e. The topological polar surface area (TPSA) is 134 Å². The molecule has 2 fully saturated rings. The standard InChI is InChI=1S/C40H52N2O10/c1-30(44)35-3-2-4-36(26-35)41-39(45)25-31-5-11-34(12-6-31)40-51-37(27-38(52-40)33-9-7-32(29-43)8-10-33)28-42-13-15-46-17-19-48-21-23-50-24-22-49-20-18-47-16-14-42/h2-12,26,37-38,40,43H,13-25,27-29H2,1H3,(H,41,45)/t37-,38+,40?/m0/s1. The highest BCUT2D eigenvalue weighted by Gasteiger charge is 2.33. The first kappa shape index (κ1) is 39.6. The van der Waals surface area contributed by atoms with E-state index in [1.807, 2.05) is 48.5 Å². The number of anilines is 1. The number of carbonyl (C=O) groups is 2. The van der Waals surface area contributed by atoms with Crippen LogP contribution in [-0.4, -0.2) is 114 Å². The third kappa shape index (κ3) is 13.4. The Morgan fingerprint density at radius 1 is 0.712 bits per heavy atom. The van der Waals surface area contributed by atoms with Crippen LogP contribution in [0.1, 0.15) is 58.4 Å². The Bertz CT molecular complexity index is 1480. The fourth-order valence-electron chi connectivity index (χ4n) is 5.98. The average molecular weight is 721 g/mol. The number of rotatable bonds is 9. The van der Waals surface area contributed by atoms with E-state index >= 15 is 0 Å². The summed E-state index contributed by atoms with van der Waals surface area (Å²) < 4.78 is 41.7. The van der Waals surface area contributed by atoms with Gasteiger partial charge in [0.2, 0.25) is 5.91 Å². The van der Waals surface area contributed by atoms with E-state index in [4.69, 9.17) is 33.2 Å². The third-order valence-electron chi connectivity index (χ3n) is 8.84. The summed E-state index contributed by atoms with van der Waals surface area (Å²) in [5, 5.41) is 12.5. The second-order valence-corrected chi connectivity index (χ2v) is 12.8. The average Bonchev–Trinajstić information content (AvgIpc) is 3.15. The highest BCUT2D eigenvalue weighted by molar-refractivity contribution is 5.97. The first-order chi connectivity index (χ1) is 25.5. The van der Waals surface area contributed by atoms with Crippen molar-refractivity contribution < 1.29 is 47.9 Å². The van der Waals surface area contributed by atoms with Gasteiger partial charge in [0.1, 0.15) is 0 Å². The molecule has 2 aliphatic rings. The normalized spacial score (nSPS) is 22.2. The quantitative estimate of drug-likeness (QED) is 0.303. The Labute approximate surface area is 306 Å². The number of Topliss-reactive ketones (excluding diaryl/α,β-unsaturated/α-hetero) is 1. The number of hydrogen-bond acceptors (Lipinski definition) is 11. The van der Waals surface area contributed by atoms with Crippen molar-refractivity contribution >= 4 is 17.4 Å². The molecule has 0 bridgehead atoms. The van der Waals surface area contributed by atoms with Crippen molar-refractivity contribution in [2.45, 2.75) is 44.9 Å². The molecule has 0 aliphatic carbocycles. The molecule has 52 heavy (non-hydrogen) atoms. The number of carbonyl (C=O) groups excluding carboxylic acids is 2. The second-order valence-electron chi connectivity index (χ2n) is 12.8. The number of ketones is 1. The molecule has 2 aliphatic heterocycles. The number of nitrogens with one attached hydrogen (secondary N) is 1. The van der Waals surface area contributed by atoms with Gasteiger partial charge in [-0.15, -0.1) is 0 Å². The van der Waals surface area contributed by atoms with Gasteiger partial charge >= 0.3 is 0 Å². The molecule has 0 spiro atoms. The van der Waals surface area contributed by atoms with E-state index in [-0.39, 0.29) is 36.9 Å². The molecular formula is C40H52N2O10. The van der Waals surface area contributed by atoms with Crippen LogP contribution in [0, 0.1) is 0 Å². The molecule has 0 radical (unpaired) electrons. The molecule has 0 aromatic heterocycles. The molecule has 12 heteroatoms. The number of ether oxygens (including phenoxy) is 7. The molecular weight excluding hydrogens is 668 g/mol. The van der Waals surface area contributed by atoms with Crippen LogP contribution >= 0.6 is 0 Å². The van der Waals surface area contributed by atoms with E-state index in [9.17, 15) is 14.7 Å². The summed E-state index contributed by atoms with van der Waals surface area (Å²) in [5.41, 5.74) is 4.65. The lowest BCUT2D eigenvalue weighted by Crippen LogP contribution is -2.42. The van der Waals surface area contributed by atoms with Crippen molar-refractivity contribution in [2.24, 2.45) is 0 Å². The number of benzene rings is 3. The van der Waals surface area contributed by atoms with Crippen molar-refractivity contribution in [2.75, 3.05) is 91.0 Å². The van der Waals surface area contributed by atoms with E-state index < -0.39 is 6.29 Å². The summed E-state index contributed by atoms with van der Waals surface area (Å²) in [6, 6.07) is 22.4. The summed E-state index contributed by atoms with van der Waals surface area (Å²) in [7, 11) is 0. The summed E-state index contributed by atoms with van der Waals surface area (Å²) in [6.07, 6.45) is -0.226. The van der Waals surface area contributed by atoms with Crippen molar-refractivity contribution in [1.82, 2.24) is 4.90 Å². The first-order valence-corrected chi connectivity index (χ1v) is 18.1. The second kappa shape index (κ2) is 21.8. The lowest BCUT2D eigenvalue weighted by molar-refractivity contribution is -0.253. The van der Waals surface area contributed by atoms with Crippen LogP contribution in [0.4, 0.5) is 5.69 Å². The van der Waals surface area contributed by atoms with Crippen LogP contribution in [0.15, 0.2) is 72.8 Å². The van der Waals surface area contributed by atoms with Crippen molar-refractivity contribution in [3.05, 3.63) is 101 Å². The summed E-state index contributed by atoms with van der Waals surface area (Å²) >= 11 is 0. The van der Waals surface area contributed by atoms with Crippen molar-refractivity contribution in [3.63, 3.8) is 0 Å². The predicted molar refractivity (Wildman–Crippen MR) is 194 cm³/mol. The Morgan fingerprint density at radius 3 is 1.85 bits per heavy atom. The number of aliphatic hydroxyl groups is 1. The molecule has 12 nitrogen and oxygen atoms in total. The maximum atomic E-state index is 12.8. The van der Waals surface area contributed by atoms with Gasteiger partial charge in [-0.2, -0.15) is 0 Å². The fourth-order valence-corrected chi connectivity index (χ4v) is 5.98. The summed E-state index contributed by atoms with van der Waals surface area (Å²) in [5.74, 6) is -0.237. The molecule has 2 saturated heterocycles. The zero-order valence-corrected chi connectivity index (χ0v) is 30.0. The van der Waals surface area contributed by atoms with E-state index in [1.54, 1.807) is 24.3 Å². The van der Waals surface area contributed by atoms with Crippen LogP contribution < -0.4 is 5.32 Å². The molecule has 1 amide bonds. The van der Waals surface area contributed by atoms with Gasteiger partial charge in [-0.25, -0.2) is 0 Å². The largest absolute Gasteiger partial charge is 0.392 e. The third-order valence-corrected chi connectivity index (χ3v) is 8.84. The zero-order chi connectivity index (χ0) is 36.4. The Kier molecular flexibility index (Phi) is 16.7. The summed E-state index contributed by atoms with van der Waals surface area (Å²) in [6.45, 7) is 8.66. The lowest BCUT2D eigenvalue weighted by Gasteiger charge is -2.38. The molecule has 282 valence electrons. The van der Waals surface area contributed by atoms with Crippen LogP contribution in [0.2, 0.25) is 0 Å². The van der Waals surface area contributed by atoms with Gasteiger partial charge in [0, 0.05) is 42.9 Å². The molecule has 2 heterocycles. The Balaban J connectivity index is 1.24. The van der Waals surface area contributed by atoms with Gasteiger partial charge in [0.15, 0.2) is 12.1 Å². The van der Waals surface area contributed by atoms with Crippen LogP contribution in [-0.2, 0) is 51.0 Å². The van der Waals surface area contributed by atoms with Gasteiger partial charge in [0.25, 0.3) is 0 Å². The van der Waals surface area contributed by atoms with E-state index in [2.05, 4.69) is 10.2 Å². The number of hydrogen-bond donors (Lipinski definition) is 2. The predicted octanol–water partition coefficient (Wildman–Crippen LogP) is 4.51. The van der Waals surface area contributed by atoms with E-state index in [1.165, 1.54) is 6.92 Å². The fraction of sp³-hybridized carbons (Fsp3) is 0.500. The van der Waals surface area contributed by atoms with Crippen LogP contribution in [0.25, 0.3) is 0 Å². The maximum Gasteiger partial charge on any atom is 0.228 e. The SMILES string of the molecule is CC(=O)c1cccc(NC(=O)Cc2ccc(C3O[C@H](CN4CCOCCOCCOCCOCCOCC4)C[C@H](c4ccc(CO)cc4)O3)cc2)c1. The van der Waals surface area contributed by atoms with Crippen LogP contribution in [0.3, 0.4) is 0 Å². The zero-order valence-electron chi connectivity index (χ0n) is 30.0. The first-order valence-electron chi connectivity index (χ1n) is 18.1. The van der Waals surface area contributed by atoms with Crippen molar-refractivity contribution in [1.29, 1.82) is 0 Å². The van der Waals surface area contributed by atoms with E-state index in [0.717, 1.165) is 22.3 Å². The maximum absolute atomic E-state index is 12.8. The van der Waals surface area contributed by atoms with Gasteiger partial charge in [-0.1, -0.05) is 60.7 Å².